The van der Waals surface area contributed by atoms with Crippen LogP contribution in [0.15, 0.2) is 87.7 Å². The lowest BCUT2D eigenvalue weighted by Crippen LogP contribution is -1.97. The molecule has 4 aromatic rings. The van der Waals surface area contributed by atoms with E-state index in [1.54, 1.807) is 30.3 Å². The van der Waals surface area contributed by atoms with Gasteiger partial charge in [0, 0.05) is 30.7 Å². The van der Waals surface area contributed by atoms with E-state index in [1.165, 1.54) is 43.3 Å². The van der Waals surface area contributed by atoms with Gasteiger partial charge >= 0.3 is 0 Å². The minimum absolute atomic E-state index is 0.214. The summed E-state index contributed by atoms with van der Waals surface area (Å²) >= 11 is 0. The van der Waals surface area contributed by atoms with Crippen LogP contribution in [0, 0.1) is 0 Å². The lowest BCUT2D eigenvalue weighted by Gasteiger charge is -1.90. The van der Waals surface area contributed by atoms with Gasteiger partial charge in [-0.1, -0.05) is 12.1 Å². The quantitative estimate of drug-likeness (QED) is 0.448. The van der Waals surface area contributed by atoms with Crippen molar-refractivity contribution in [2.45, 2.75) is 0 Å². The van der Waals surface area contributed by atoms with Crippen molar-refractivity contribution in [1.29, 1.82) is 0 Å². The summed E-state index contributed by atoms with van der Waals surface area (Å²) in [6.07, 6.45) is 6.62. The molecule has 0 saturated heterocycles. The molecule has 0 spiro atoms. The zero-order valence-corrected chi connectivity index (χ0v) is 14.8. The van der Waals surface area contributed by atoms with Gasteiger partial charge in [-0.25, -0.2) is 19.9 Å². The third-order valence-corrected chi connectivity index (χ3v) is 3.77. The fraction of sp³-hybridized carbons (Fsp3) is 0. The maximum atomic E-state index is 12.3. The molecule has 0 N–H and O–H groups in total. The van der Waals surface area contributed by atoms with Gasteiger partial charge in [0.2, 0.25) is 0 Å². The molecule has 9 heteroatoms. The second-order valence-corrected chi connectivity index (χ2v) is 5.68. The molecule has 0 saturated carbocycles. The maximum Gasteiger partial charge on any atom is 0.281 e. The van der Waals surface area contributed by atoms with Gasteiger partial charge < -0.3 is 4.42 Å². The number of hydrogen-bond donors (Lipinski definition) is 0. The molecule has 2 bridgehead atoms. The number of hydrogen-bond acceptors (Lipinski definition) is 9. The van der Waals surface area contributed by atoms with Crippen molar-refractivity contribution in [3.8, 4) is 0 Å². The number of nitrogens with zero attached hydrogens (tertiary/aromatic N) is 6. The van der Waals surface area contributed by atoms with Gasteiger partial charge in [-0.2, -0.15) is 4.98 Å². The Labute approximate surface area is 162 Å². The van der Waals surface area contributed by atoms with Crippen LogP contribution in [0.25, 0.3) is 33.2 Å². The standard InChI is InChI=1S/C20H12N6O3/c27-16-6-1-2-9-29-14-5-3-4-13(10-14)23-11-15-17-18(22-8-7-21-16)24-12-25-19(17)26-20(15)28/h1-12H. The fourth-order valence-corrected chi connectivity index (χ4v) is 2.51. The largest absolute Gasteiger partial charge is 0.465 e. The monoisotopic (exact) mass is 384 g/mol. The highest BCUT2D eigenvalue weighted by Gasteiger charge is 2.09. The molecule has 0 amide bonds. The molecule has 9 nitrogen and oxygen atoms in total. The normalized spacial score (nSPS) is 10.3. The lowest BCUT2D eigenvalue weighted by atomic mass is 10.3. The van der Waals surface area contributed by atoms with Crippen LogP contribution in [-0.2, 0) is 0 Å². The number of rotatable bonds is 0. The summed E-state index contributed by atoms with van der Waals surface area (Å²) in [5.74, 6) is 0. The number of fused-ring (bicyclic) bond motifs is 2. The minimum atomic E-state index is -0.487. The van der Waals surface area contributed by atoms with Crippen LogP contribution in [0.2, 0.25) is 0 Å². The molecular formula is C20H12N6O3. The SMILES string of the molecule is O=c1ccccoc2cccc(c2)ncc2c(=O)nc3ncnc(nccn1)c32. The highest BCUT2D eigenvalue weighted by Crippen LogP contribution is 2.15. The third kappa shape index (κ3) is 4.14. The molecular weight excluding hydrogens is 372 g/mol. The van der Waals surface area contributed by atoms with Gasteiger partial charge in [0.15, 0.2) is 11.3 Å². The van der Waals surface area contributed by atoms with E-state index in [9.17, 15) is 9.59 Å². The Hall–Kier alpha value is -4.40. The molecule has 140 valence electrons. The highest BCUT2D eigenvalue weighted by atomic mass is 16.3. The molecule has 0 unspecified atom stereocenters. The molecule has 0 radical (unpaired) electrons. The van der Waals surface area contributed by atoms with Gasteiger partial charge in [0.1, 0.15) is 11.9 Å². The summed E-state index contributed by atoms with van der Waals surface area (Å²) in [6, 6.07) is 11.3. The van der Waals surface area contributed by atoms with Crippen LogP contribution in [0.1, 0.15) is 0 Å². The lowest BCUT2D eigenvalue weighted by molar-refractivity contribution is 0.603. The van der Waals surface area contributed by atoms with E-state index in [0.717, 1.165) is 0 Å². The van der Waals surface area contributed by atoms with Crippen molar-refractivity contribution in [3.05, 3.63) is 94.4 Å². The van der Waals surface area contributed by atoms with Crippen LogP contribution < -0.4 is 11.1 Å². The van der Waals surface area contributed by atoms with Gasteiger partial charge in [-0.15, -0.1) is 0 Å². The Bertz CT molecular complexity index is 1470. The van der Waals surface area contributed by atoms with Crippen molar-refractivity contribution in [2.24, 2.45) is 0 Å². The summed E-state index contributed by atoms with van der Waals surface area (Å²) < 4.78 is 5.48. The third-order valence-electron chi connectivity index (χ3n) is 3.77. The van der Waals surface area contributed by atoms with E-state index >= 15 is 0 Å². The molecule has 4 rings (SSSR count). The van der Waals surface area contributed by atoms with Crippen molar-refractivity contribution in [2.75, 3.05) is 0 Å². The Kier molecular flexibility index (Phi) is 5.02. The van der Waals surface area contributed by atoms with Crippen molar-refractivity contribution in [1.82, 2.24) is 29.9 Å². The summed E-state index contributed by atoms with van der Waals surface area (Å²) in [5.41, 5.74) is 0.593. The van der Waals surface area contributed by atoms with E-state index < -0.39 is 11.1 Å². The maximum absolute atomic E-state index is 12.3. The molecule has 0 aliphatic heterocycles. The Morgan fingerprint density at radius 3 is 2.59 bits per heavy atom. The predicted molar refractivity (Wildman–Crippen MR) is 106 cm³/mol. The zero-order valence-electron chi connectivity index (χ0n) is 14.8. The van der Waals surface area contributed by atoms with E-state index in [0.29, 0.717) is 16.5 Å². The Morgan fingerprint density at radius 2 is 1.66 bits per heavy atom. The first-order valence-corrected chi connectivity index (χ1v) is 8.44. The van der Waals surface area contributed by atoms with E-state index in [2.05, 4.69) is 29.9 Å². The molecule has 0 atom stereocenters. The fourth-order valence-electron chi connectivity index (χ4n) is 2.51. The molecule has 0 fully saturated rings. The van der Waals surface area contributed by atoms with Crippen molar-refractivity contribution >= 4 is 33.2 Å². The summed E-state index contributed by atoms with van der Waals surface area (Å²) in [4.78, 5) is 48.2. The topological polar surface area (TPSA) is 125 Å². The van der Waals surface area contributed by atoms with Gasteiger partial charge in [0.05, 0.1) is 22.6 Å². The Balaban J connectivity index is 2.11. The molecule has 29 heavy (non-hydrogen) atoms. The molecule has 1 aromatic carbocycles. The first-order chi connectivity index (χ1) is 14.2. The smallest absolute Gasteiger partial charge is 0.281 e. The minimum Gasteiger partial charge on any atom is -0.465 e. The summed E-state index contributed by atoms with van der Waals surface area (Å²) in [5, 5.41) is 0.588. The van der Waals surface area contributed by atoms with Crippen LogP contribution in [0.4, 0.5) is 0 Å². The first kappa shape index (κ1) is 18.0. The van der Waals surface area contributed by atoms with Crippen molar-refractivity contribution in [3.63, 3.8) is 0 Å². The molecule has 0 aliphatic carbocycles. The average molecular weight is 384 g/mol. The van der Waals surface area contributed by atoms with E-state index in [4.69, 9.17) is 4.42 Å². The predicted octanol–water partition coefficient (Wildman–Crippen LogP) is 2.08. The van der Waals surface area contributed by atoms with Crippen LogP contribution in [-0.4, -0.2) is 29.9 Å². The molecule has 3 aromatic heterocycles. The number of aromatic nitrogens is 6. The van der Waals surface area contributed by atoms with Gasteiger partial charge in [0.25, 0.3) is 11.1 Å². The summed E-state index contributed by atoms with van der Waals surface area (Å²) in [6.45, 7) is 0. The molecule has 0 aliphatic rings. The van der Waals surface area contributed by atoms with Crippen LogP contribution >= 0.6 is 0 Å². The first-order valence-electron chi connectivity index (χ1n) is 8.44. The zero-order chi connectivity index (χ0) is 20.1. The van der Waals surface area contributed by atoms with Crippen molar-refractivity contribution < 1.29 is 4.42 Å². The van der Waals surface area contributed by atoms with Crippen LogP contribution in [0.3, 0.4) is 0 Å². The highest BCUT2D eigenvalue weighted by molar-refractivity contribution is 6.03. The van der Waals surface area contributed by atoms with E-state index in [1.807, 2.05) is 0 Å². The second-order valence-electron chi connectivity index (χ2n) is 5.68. The van der Waals surface area contributed by atoms with Gasteiger partial charge in [-0.05, 0) is 18.2 Å². The number of benzene rings is 1. The Morgan fingerprint density at radius 1 is 0.793 bits per heavy atom. The summed E-state index contributed by atoms with van der Waals surface area (Å²) in [7, 11) is 0. The second kappa shape index (κ2) is 8.09. The molecule has 3 heterocycles. The average Bonchev–Trinajstić information content (AvgIpc) is 3.05. The van der Waals surface area contributed by atoms with Crippen LogP contribution in [0.5, 0.6) is 0 Å². The van der Waals surface area contributed by atoms with E-state index in [-0.39, 0.29) is 16.7 Å². The van der Waals surface area contributed by atoms with Gasteiger partial charge in [-0.3, -0.25) is 14.6 Å².